The first-order chi connectivity index (χ1) is 12.9. The predicted octanol–water partition coefficient (Wildman–Crippen LogP) is 2.65. The SMILES string of the molecule is CCn1cc(S(=O)(=O)NC(=O)c2cn3cc(C(F)(F)F)cc(Cl)c3n2)c(C)n1. The van der Waals surface area contributed by atoms with Crippen molar-refractivity contribution in [2.45, 2.75) is 31.5 Å². The molecule has 13 heteroatoms. The first kappa shape index (κ1) is 20.1. The van der Waals surface area contributed by atoms with Crippen LogP contribution >= 0.6 is 11.6 Å². The predicted molar refractivity (Wildman–Crippen MR) is 92.5 cm³/mol. The maximum Gasteiger partial charge on any atom is 0.417 e. The van der Waals surface area contributed by atoms with E-state index in [1.54, 1.807) is 6.92 Å². The highest BCUT2D eigenvalue weighted by Gasteiger charge is 2.32. The molecule has 0 aliphatic rings. The van der Waals surface area contributed by atoms with Gasteiger partial charge in [-0.05, 0) is 19.9 Å². The van der Waals surface area contributed by atoms with Crippen LogP contribution in [-0.2, 0) is 22.7 Å². The Morgan fingerprint density at radius 2 is 1.96 bits per heavy atom. The lowest BCUT2D eigenvalue weighted by atomic mass is 10.3. The molecular weight excluding hydrogens is 423 g/mol. The van der Waals surface area contributed by atoms with Gasteiger partial charge in [0, 0.05) is 25.1 Å². The average molecular weight is 436 g/mol. The molecule has 0 atom stereocenters. The van der Waals surface area contributed by atoms with Gasteiger partial charge in [0.2, 0.25) is 0 Å². The van der Waals surface area contributed by atoms with Crippen molar-refractivity contribution in [1.82, 2.24) is 23.9 Å². The number of carbonyl (C=O) groups excluding carboxylic acids is 1. The molecule has 0 bridgehead atoms. The Labute approximate surface area is 162 Å². The number of rotatable bonds is 4. The van der Waals surface area contributed by atoms with E-state index in [-0.39, 0.29) is 21.3 Å². The Hall–Kier alpha value is -2.60. The Morgan fingerprint density at radius 3 is 2.54 bits per heavy atom. The molecule has 0 aromatic carbocycles. The van der Waals surface area contributed by atoms with E-state index in [0.29, 0.717) is 18.8 Å². The summed E-state index contributed by atoms with van der Waals surface area (Å²) in [6.45, 7) is 3.66. The minimum Gasteiger partial charge on any atom is -0.304 e. The summed E-state index contributed by atoms with van der Waals surface area (Å²) in [6.07, 6.45) is -1.72. The number of imidazole rings is 1. The van der Waals surface area contributed by atoms with Crippen LogP contribution in [0.2, 0.25) is 5.02 Å². The zero-order valence-corrected chi connectivity index (χ0v) is 16.0. The Balaban J connectivity index is 1.95. The number of halogens is 4. The molecule has 0 spiro atoms. The number of hydrogen-bond donors (Lipinski definition) is 1. The summed E-state index contributed by atoms with van der Waals surface area (Å²) >= 11 is 5.81. The summed E-state index contributed by atoms with van der Waals surface area (Å²) in [5, 5.41) is 3.66. The van der Waals surface area contributed by atoms with Crippen LogP contribution in [0.5, 0.6) is 0 Å². The molecule has 1 amide bonds. The number of nitrogens with one attached hydrogen (secondary N) is 1. The second-order valence-electron chi connectivity index (χ2n) is 5.80. The van der Waals surface area contributed by atoms with Gasteiger partial charge in [0.25, 0.3) is 15.9 Å². The molecule has 0 saturated carbocycles. The maximum atomic E-state index is 12.9. The van der Waals surface area contributed by atoms with E-state index in [9.17, 15) is 26.4 Å². The van der Waals surface area contributed by atoms with Crippen LogP contribution in [0.4, 0.5) is 13.2 Å². The second-order valence-corrected chi connectivity index (χ2v) is 7.86. The monoisotopic (exact) mass is 435 g/mol. The Morgan fingerprint density at radius 1 is 1.29 bits per heavy atom. The molecule has 0 fully saturated rings. The van der Waals surface area contributed by atoms with Gasteiger partial charge >= 0.3 is 6.18 Å². The van der Waals surface area contributed by atoms with E-state index < -0.39 is 33.4 Å². The molecule has 8 nitrogen and oxygen atoms in total. The van der Waals surface area contributed by atoms with Gasteiger partial charge in [0.15, 0.2) is 5.65 Å². The van der Waals surface area contributed by atoms with Crippen molar-refractivity contribution in [2.24, 2.45) is 0 Å². The van der Waals surface area contributed by atoms with Crippen LogP contribution in [0, 0.1) is 6.92 Å². The van der Waals surface area contributed by atoms with Gasteiger partial charge in [-0.1, -0.05) is 11.6 Å². The summed E-state index contributed by atoms with van der Waals surface area (Å²) in [5.74, 6) is -1.11. The van der Waals surface area contributed by atoms with Crippen molar-refractivity contribution in [3.8, 4) is 0 Å². The van der Waals surface area contributed by atoms with Crippen LogP contribution in [-0.4, -0.2) is 33.5 Å². The van der Waals surface area contributed by atoms with Crippen molar-refractivity contribution < 1.29 is 26.4 Å². The van der Waals surface area contributed by atoms with Crippen LogP contribution in [0.25, 0.3) is 5.65 Å². The van der Waals surface area contributed by atoms with Gasteiger partial charge < -0.3 is 4.40 Å². The highest BCUT2D eigenvalue weighted by atomic mass is 35.5. The number of hydrogen-bond acceptors (Lipinski definition) is 5. The average Bonchev–Trinajstić information content (AvgIpc) is 3.17. The highest BCUT2D eigenvalue weighted by molar-refractivity contribution is 7.90. The molecule has 0 radical (unpaired) electrons. The van der Waals surface area contributed by atoms with Gasteiger partial charge in [0.1, 0.15) is 10.6 Å². The number of sulfonamides is 1. The second kappa shape index (κ2) is 6.78. The molecule has 0 aliphatic heterocycles. The standard InChI is InChI=1S/C15H13ClF3N5O3S/c1-3-24-7-12(8(2)21-24)28(26,27)22-14(25)11-6-23-5-9(15(17,18)19)4-10(16)13(23)20-11/h4-7H,3H2,1-2H3,(H,22,25). The lowest BCUT2D eigenvalue weighted by Gasteiger charge is -2.07. The van der Waals surface area contributed by atoms with E-state index in [1.807, 2.05) is 4.72 Å². The number of amides is 1. The molecular formula is C15H13ClF3N5O3S. The lowest BCUT2D eigenvalue weighted by Crippen LogP contribution is -2.31. The van der Waals surface area contributed by atoms with Crippen LogP contribution in [0.15, 0.2) is 29.6 Å². The molecule has 3 aromatic rings. The molecule has 3 rings (SSSR count). The van der Waals surface area contributed by atoms with E-state index in [1.165, 1.54) is 17.8 Å². The number of alkyl halides is 3. The number of nitrogens with zero attached hydrogens (tertiary/aromatic N) is 4. The Kier molecular flexibility index (Phi) is 4.88. The molecule has 3 heterocycles. The van der Waals surface area contributed by atoms with Crippen LogP contribution in [0.3, 0.4) is 0 Å². The van der Waals surface area contributed by atoms with E-state index in [2.05, 4.69) is 10.1 Å². The Bertz CT molecular complexity index is 1180. The molecule has 0 saturated heterocycles. The van der Waals surface area contributed by atoms with Gasteiger partial charge in [-0.3, -0.25) is 9.48 Å². The number of aryl methyl sites for hydroxylation is 2. The number of fused-ring (bicyclic) bond motifs is 1. The molecule has 150 valence electrons. The van der Waals surface area contributed by atoms with Gasteiger partial charge in [0.05, 0.1) is 16.3 Å². The molecule has 28 heavy (non-hydrogen) atoms. The van der Waals surface area contributed by atoms with Crippen molar-refractivity contribution in [2.75, 3.05) is 0 Å². The van der Waals surface area contributed by atoms with Crippen LogP contribution in [0.1, 0.15) is 28.7 Å². The van der Waals surface area contributed by atoms with Crippen LogP contribution < -0.4 is 4.72 Å². The highest BCUT2D eigenvalue weighted by Crippen LogP contribution is 2.32. The lowest BCUT2D eigenvalue weighted by molar-refractivity contribution is -0.137. The summed E-state index contributed by atoms with van der Waals surface area (Å²) in [7, 11) is -4.25. The van der Waals surface area contributed by atoms with E-state index in [4.69, 9.17) is 11.6 Å². The third kappa shape index (κ3) is 3.69. The van der Waals surface area contributed by atoms with E-state index >= 15 is 0 Å². The normalized spacial score (nSPS) is 12.5. The maximum absolute atomic E-state index is 12.9. The number of aromatic nitrogens is 4. The quantitative estimate of drug-likeness (QED) is 0.679. The topological polar surface area (TPSA) is 98.4 Å². The first-order valence-corrected chi connectivity index (χ1v) is 9.65. The first-order valence-electron chi connectivity index (χ1n) is 7.79. The fraction of sp³-hybridized carbons (Fsp3) is 0.267. The van der Waals surface area contributed by atoms with Crippen molar-refractivity contribution in [3.63, 3.8) is 0 Å². The minimum absolute atomic E-state index is 0.118. The summed E-state index contributed by atoms with van der Waals surface area (Å²) in [5.41, 5.74) is -1.38. The number of carbonyl (C=O) groups is 1. The molecule has 3 aromatic heterocycles. The van der Waals surface area contributed by atoms with Gasteiger partial charge in [-0.25, -0.2) is 18.1 Å². The molecule has 0 unspecified atom stereocenters. The fourth-order valence-corrected chi connectivity index (χ4v) is 3.88. The fourth-order valence-electron chi connectivity index (χ4n) is 2.48. The van der Waals surface area contributed by atoms with E-state index in [0.717, 1.165) is 10.6 Å². The smallest absolute Gasteiger partial charge is 0.304 e. The van der Waals surface area contributed by atoms with Crippen molar-refractivity contribution in [1.29, 1.82) is 0 Å². The zero-order valence-electron chi connectivity index (χ0n) is 14.5. The molecule has 0 aliphatic carbocycles. The van der Waals surface area contributed by atoms with Gasteiger partial charge in [-0.2, -0.15) is 18.3 Å². The largest absolute Gasteiger partial charge is 0.417 e. The third-order valence-electron chi connectivity index (χ3n) is 3.81. The van der Waals surface area contributed by atoms with Crippen molar-refractivity contribution in [3.05, 3.63) is 46.6 Å². The molecule has 1 N–H and O–H groups in total. The zero-order chi connectivity index (χ0) is 20.9. The minimum atomic E-state index is -4.65. The summed E-state index contributed by atoms with van der Waals surface area (Å²) in [6, 6.07) is 0.671. The van der Waals surface area contributed by atoms with Gasteiger partial charge in [-0.15, -0.1) is 0 Å². The summed E-state index contributed by atoms with van der Waals surface area (Å²) < 4.78 is 67.6. The third-order valence-corrected chi connectivity index (χ3v) is 5.52. The summed E-state index contributed by atoms with van der Waals surface area (Å²) in [4.78, 5) is 16.0. The van der Waals surface area contributed by atoms with Crippen molar-refractivity contribution >= 4 is 33.2 Å². The number of pyridine rings is 1.